The second-order valence-electron chi connectivity index (χ2n) is 8.11. The maximum Gasteiger partial charge on any atom is 0.308 e. The quantitative estimate of drug-likeness (QED) is 0.126. The number of non-ortho nitro benzene ring substituents is 1. The Morgan fingerprint density at radius 1 is 0.824 bits per heavy atom. The third-order valence-electron chi connectivity index (χ3n) is 3.99. The van der Waals surface area contributed by atoms with Crippen molar-refractivity contribution in [1.29, 1.82) is 0 Å². The van der Waals surface area contributed by atoms with Gasteiger partial charge in [0, 0.05) is 12.1 Å². The van der Waals surface area contributed by atoms with Gasteiger partial charge in [0.2, 0.25) is 0 Å². The Kier molecular flexibility index (Phi) is 15.7. The van der Waals surface area contributed by atoms with Gasteiger partial charge in [0.15, 0.2) is 0 Å². The molecule has 0 fully saturated rings. The predicted octanol–water partition coefficient (Wildman–Crippen LogP) is 3.42. The molecule has 0 aliphatic rings. The summed E-state index contributed by atoms with van der Waals surface area (Å²) in [5.74, 6) is -0.271. The van der Waals surface area contributed by atoms with E-state index in [0.29, 0.717) is 66.1 Å². The van der Waals surface area contributed by atoms with E-state index >= 15 is 0 Å². The molecule has 0 saturated heterocycles. The number of benzene rings is 1. The maximum atomic E-state index is 11.5. The van der Waals surface area contributed by atoms with Crippen LogP contribution in [0.3, 0.4) is 0 Å². The van der Waals surface area contributed by atoms with Gasteiger partial charge in [-0.05, 0) is 38.5 Å². The van der Waals surface area contributed by atoms with Crippen LogP contribution in [0.2, 0.25) is 0 Å². The van der Waals surface area contributed by atoms with E-state index in [-0.39, 0.29) is 18.1 Å². The summed E-state index contributed by atoms with van der Waals surface area (Å²) in [4.78, 5) is 21.7. The van der Waals surface area contributed by atoms with Crippen molar-refractivity contribution in [3.63, 3.8) is 0 Å². The standard InChI is InChI=1S/C24H37NO9/c1-24(2,3)34-23(26)10-12-30-14-16-32-18-20-33-19-17-31-15-13-29-11-4-5-21-6-8-22(9-7-21)25(27)28/h4-9H,10-20H2,1-3H3/b5-4+. The first-order chi connectivity index (χ1) is 16.3. The van der Waals surface area contributed by atoms with Gasteiger partial charge in [-0.15, -0.1) is 0 Å². The fraction of sp³-hybridized carbons (Fsp3) is 0.625. The van der Waals surface area contributed by atoms with Gasteiger partial charge in [-0.25, -0.2) is 0 Å². The summed E-state index contributed by atoms with van der Waals surface area (Å²) in [7, 11) is 0. The number of nitro groups is 1. The van der Waals surface area contributed by atoms with Crippen molar-refractivity contribution < 1.29 is 38.1 Å². The second kappa shape index (κ2) is 18.0. The number of esters is 1. The maximum absolute atomic E-state index is 11.5. The number of nitrogens with zero attached hydrogens (tertiary/aromatic N) is 1. The van der Waals surface area contributed by atoms with Crippen molar-refractivity contribution in [1.82, 2.24) is 0 Å². The van der Waals surface area contributed by atoms with Gasteiger partial charge in [0.25, 0.3) is 5.69 Å². The molecule has 0 atom stereocenters. The van der Waals surface area contributed by atoms with Crippen molar-refractivity contribution in [2.45, 2.75) is 32.8 Å². The van der Waals surface area contributed by atoms with Gasteiger partial charge < -0.3 is 28.4 Å². The first-order valence-corrected chi connectivity index (χ1v) is 11.3. The molecule has 0 aliphatic carbocycles. The lowest BCUT2D eigenvalue weighted by Gasteiger charge is -2.19. The van der Waals surface area contributed by atoms with Crippen molar-refractivity contribution in [2.24, 2.45) is 0 Å². The summed E-state index contributed by atoms with van der Waals surface area (Å²) in [6.07, 6.45) is 3.91. The smallest absolute Gasteiger partial charge is 0.308 e. The predicted molar refractivity (Wildman–Crippen MR) is 127 cm³/mol. The molecule has 0 amide bonds. The van der Waals surface area contributed by atoms with Crippen LogP contribution in [0.15, 0.2) is 30.3 Å². The average molecular weight is 484 g/mol. The lowest BCUT2D eigenvalue weighted by molar-refractivity contribution is -0.384. The highest BCUT2D eigenvalue weighted by atomic mass is 16.6. The van der Waals surface area contributed by atoms with Gasteiger partial charge in [-0.3, -0.25) is 14.9 Å². The molecule has 0 bridgehead atoms. The highest BCUT2D eigenvalue weighted by Gasteiger charge is 2.15. The Morgan fingerprint density at radius 3 is 1.76 bits per heavy atom. The zero-order valence-electron chi connectivity index (χ0n) is 20.4. The van der Waals surface area contributed by atoms with Gasteiger partial charge in [0.1, 0.15) is 5.60 Å². The van der Waals surface area contributed by atoms with E-state index in [0.717, 1.165) is 5.56 Å². The Morgan fingerprint density at radius 2 is 1.29 bits per heavy atom. The molecule has 10 heteroatoms. The highest BCUT2D eigenvalue weighted by Crippen LogP contribution is 2.12. The zero-order valence-corrected chi connectivity index (χ0v) is 20.4. The molecular formula is C24H37NO9. The number of hydrogen-bond acceptors (Lipinski definition) is 9. The second-order valence-corrected chi connectivity index (χ2v) is 8.11. The van der Waals surface area contributed by atoms with Gasteiger partial charge >= 0.3 is 5.97 Å². The minimum absolute atomic E-state index is 0.0698. The van der Waals surface area contributed by atoms with Crippen LogP contribution in [0.4, 0.5) is 5.69 Å². The molecule has 0 aromatic heterocycles. The van der Waals surface area contributed by atoms with Gasteiger partial charge in [-0.2, -0.15) is 0 Å². The third kappa shape index (κ3) is 17.2. The summed E-state index contributed by atoms with van der Waals surface area (Å²) >= 11 is 0. The SMILES string of the molecule is CC(C)(C)OC(=O)CCOCCOCCOCCOCCOC/C=C/c1ccc([N+](=O)[O-])cc1. The van der Waals surface area contributed by atoms with Crippen LogP contribution in [0.25, 0.3) is 6.08 Å². The molecule has 0 heterocycles. The summed E-state index contributed by atoms with van der Waals surface area (Å²) < 4.78 is 32.2. The van der Waals surface area contributed by atoms with Crippen LogP contribution in [0.5, 0.6) is 0 Å². The summed E-state index contributed by atoms with van der Waals surface area (Å²) in [5.41, 5.74) is 0.467. The monoisotopic (exact) mass is 483 g/mol. The number of rotatable bonds is 19. The van der Waals surface area contributed by atoms with Crippen LogP contribution in [0.1, 0.15) is 32.8 Å². The van der Waals surface area contributed by atoms with Gasteiger partial charge in [0.05, 0.1) is 77.4 Å². The van der Waals surface area contributed by atoms with E-state index in [4.69, 9.17) is 28.4 Å². The van der Waals surface area contributed by atoms with Crippen LogP contribution in [-0.4, -0.2) is 82.6 Å². The Hall–Kier alpha value is -2.37. The first-order valence-electron chi connectivity index (χ1n) is 11.3. The van der Waals surface area contributed by atoms with Crippen molar-refractivity contribution in [3.05, 3.63) is 46.0 Å². The fourth-order valence-corrected chi connectivity index (χ4v) is 2.47. The topological polar surface area (TPSA) is 116 Å². The van der Waals surface area contributed by atoms with E-state index in [2.05, 4.69) is 0 Å². The summed E-state index contributed by atoms with van der Waals surface area (Å²) in [5, 5.41) is 10.6. The number of nitro benzene ring substituents is 1. The van der Waals surface area contributed by atoms with E-state index in [9.17, 15) is 14.9 Å². The zero-order chi connectivity index (χ0) is 25.1. The van der Waals surface area contributed by atoms with Crippen LogP contribution < -0.4 is 0 Å². The third-order valence-corrected chi connectivity index (χ3v) is 3.99. The van der Waals surface area contributed by atoms with E-state index in [1.54, 1.807) is 12.1 Å². The molecule has 192 valence electrons. The molecular weight excluding hydrogens is 446 g/mol. The van der Waals surface area contributed by atoms with Crippen LogP contribution in [0, 0.1) is 10.1 Å². The molecule has 0 N–H and O–H groups in total. The Balaban J connectivity index is 1.82. The molecule has 0 saturated carbocycles. The molecule has 10 nitrogen and oxygen atoms in total. The summed E-state index contributed by atoms with van der Waals surface area (Å²) in [6, 6.07) is 6.31. The Labute approximate surface area is 201 Å². The minimum Gasteiger partial charge on any atom is -0.460 e. The fourth-order valence-electron chi connectivity index (χ4n) is 2.47. The molecule has 0 radical (unpaired) electrons. The molecule has 34 heavy (non-hydrogen) atoms. The number of hydrogen-bond donors (Lipinski definition) is 0. The van der Waals surface area contributed by atoms with E-state index < -0.39 is 10.5 Å². The Bertz CT molecular complexity index is 714. The number of ether oxygens (including phenoxy) is 6. The highest BCUT2D eigenvalue weighted by molar-refractivity contribution is 5.69. The molecule has 1 rings (SSSR count). The van der Waals surface area contributed by atoms with Crippen LogP contribution >= 0.6 is 0 Å². The molecule has 0 unspecified atom stereocenters. The largest absolute Gasteiger partial charge is 0.460 e. The van der Waals surface area contributed by atoms with Gasteiger partial charge in [-0.1, -0.05) is 12.2 Å². The average Bonchev–Trinajstić information content (AvgIpc) is 2.77. The van der Waals surface area contributed by atoms with Crippen molar-refractivity contribution in [3.8, 4) is 0 Å². The van der Waals surface area contributed by atoms with E-state index in [1.165, 1.54) is 12.1 Å². The van der Waals surface area contributed by atoms with E-state index in [1.807, 2.05) is 32.9 Å². The van der Waals surface area contributed by atoms with Crippen LogP contribution in [-0.2, 0) is 33.2 Å². The molecule has 0 aliphatic heterocycles. The number of carbonyl (C=O) groups excluding carboxylic acids is 1. The molecule has 1 aromatic carbocycles. The number of carbonyl (C=O) groups is 1. The minimum atomic E-state index is -0.475. The van der Waals surface area contributed by atoms with Crippen molar-refractivity contribution >= 4 is 17.7 Å². The summed E-state index contributed by atoms with van der Waals surface area (Å²) in [6.45, 7) is 9.86. The van der Waals surface area contributed by atoms with Crippen molar-refractivity contribution in [2.75, 3.05) is 66.1 Å². The normalized spacial score (nSPS) is 11.7. The lowest BCUT2D eigenvalue weighted by Crippen LogP contribution is -2.24. The first kappa shape index (κ1) is 29.7. The molecule has 0 spiro atoms. The molecule has 1 aromatic rings. The lowest BCUT2D eigenvalue weighted by atomic mass is 10.2.